The molecule has 2 aromatic carbocycles. The number of anilines is 1. The molecule has 1 N–H and O–H groups in total. The fourth-order valence-electron chi connectivity index (χ4n) is 3.38. The summed E-state index contributed by atoms with van der Waals surface area (Å²) < 4.78 is 32.6. The van der Waals surface area contributed by atoms with Crippen molar-refractivity contribution in [2.24, 2.45) is 5.92 Å². The summed E-state index contributed by atoms with van der Waals surface area (Å²) in [4.78, 5) is 12.7. The Morgan fingerprint density at radius 1 is 1.21 bits per heavy atom. The first-order valence-corrected chi connectivity index (χ1v) is 11.9. The number of hydrogen-bond donors (Lipinski definition) is 1. The summed E-state index contributed by atoms with van der Waals surface area (Å²) in [5, 5.41) is 4.25. The highest BCUT2D eigenvalue weighted by atomic mass is 35.5. The van der Waals surface area contributed by atoms with Crippen LogP contribution in [0.25, 0.3) is 10.1 Å². The minimum Gasteiger partial charge on any atom is -0.326 e. The van der Waals surface area contributed by atoms with Crippen LogP contribution < -0.4 is 5.32 Å². The van der Waals surface area contributed by atoms with Crippen molar-refractivity contribution < 1.29 is 13.2 Å². The molecule has 2 heterocycles. The Labute approximate surface area is 182 Å². The standard InChI is InChI=1S/C19H17Cl2N3O3S2/c20-14-3-5-16(21)18(9-14)29(26,27)24-7-1-2-12(11-24)19(25)23-15-4-6-17-13(8-15)10-22-28-17/h3-6,8-10,12H,1-2,7,11H2,(H,23,25)/t12-/m1/s1. The smallest absolute Gasteiger partial charge is 0.244 e. The highest BCUT2D eigenvalue weighted by Gasteiger charge is 2.34. The number of carbonyl (C=O) groups is 1. The Kier molecular flexibility index (Phi) is 5.81. The van der Waals surface area contributed by atoms with Crippen molar-refractivity contribution in [1.29, 1.82) is 0 Å². The van der Waals surface area contributed by atoms with E-state index in [9.17, 15) is 13.2 Å². The van der Waals surface area contributed by atoms with Crippen LogP contribution in [0.5, 0.6) is 0 Å². The Hall–Kier alpha value is -1.71. The number of carbonyl (C=O) groups excluding carboxylic acids is 1. The van der Waals surface area contributed by atoms with Gasteiger partial charge in [-0.05, 0) is 60.8 Å². The van der Waals surface area contributed by atoms with Gasteiger partial charge in [-0.15, -0.1) is 0 Å². The first-order chi connectivity index (χ1) is 13.8. The molecule has 1 aliphatic heterocycles. The predicted molar refractivity (Wildman–Crippen MR) is 116 cm³/mol. The van der Waals surface area contributed by atoms with E-state index < -0.39 is 15.9 Å². The lowest BCUT2D eigenvalue weighted by atomic mass is 9.98. The number of benzene rings is 2. The molecule has 1 aliphatic rings. The van der Waals surface area contributed by atoms with Gasteiger partial charge in [0, 0.05) is 35.4 Å². The quantitative estimate of drug-likeness (QED) is 0.603. The Morgan fingerprint density at radius 3 is 2.86 bits per heavy atom. The number of aromatic nitrogens is 1. The highest BCUT2D eigenvalue weighted by molar-refractivity contribution is 7.89. The molecule has 1 amide bonds. The molecule has 10 heteroatoms. The van der Waals surface area contributed by atoms with E-state index in [1.54, 1.807) is 6.20 Å². The second-order valence-corrected chi connectivity index (χ2v) is 10.4. The van der Waals surface area contributed by atoms with Crippen LogP contribution in [0.4, 0.5) is 5.69 Å². The molecule has 152 valence electrons. The van der Waals surface area contributed by atoms with Gasteiger partial charge < -0.3 is 5.32 Å². The molecule has 1 atom stereocenters. The van der Waals surface area contributed by atoms with Crippen LogP contribution in [-0.4, -0.2) is 36.1 Å². The lowest BCUT2D eigenvalue weighted by Crippen LogP contribution is -2.43. The first kappa shape index (κ1) is 20.6. The Morgan fingerprint density at radius 2 is 2.03 bits per heavy atom. The number of amides is 1. The Balaban J connectivity index is 1.51. The molecule has 0 bridgehead atoms. The molecule has 0 radical (unpaired) electrons. The van der Waals surface area contributed by atoms with Gasteiger partial charge in [0.05, 0.1) is 15.6 Å². The summed E-state index contributed by atoms with van der Waals surface area (Å²) in [6.07, 6.45) is 2.95. The largest absolute Gasteiger partial charge is 0.326 e. The zero-order valence-corrected chi connectivity index (χ0v) is 18.3. The van der Waals surface area contributed by atoms with Crippen LogP contribution in [0, 0.1) is 5.92 Å². The zero-order chi connectivity index (χ0) is 20.6. The number of piperidine rings is 1. The van der Waals surface area contributed by atoms with Crippen LogP contribution in [0.3, 0.4) is 0 Å². The van der Waals surface area contributed by atoms with E-state index >= 15 is 0 Å². The van der Waals surface area contributed by atoms with Crippen molar-refractivity contribution in [1.82, 2.24) is 8.68 Å². The average Bonchev–Trinajstić information content (AvgIpc) is 3.17. The fraction of sp³-hybridized carbons (Fsp3) is 0.263. The second-order valence-electron chi connectivity index (χ2n) is 6.84. The monoisotopic (exact) mass is 469 g/mol. The van der Waals surface area contributed by atoms with E-state index in [1.807, 2.05) is 18.2 Å². The van der Waals surface area contributed by atoms with Crippen molar-refractivity contribution in [3.8, 4) is 0 Å². The van der Waals surface area contributed by atoms with Gasteiger partial charge in [-0.2, -0.15) is 8.68 Å². The number of rotatable bonds is 4. The molecule has 1 fully saturated rings. The lowest BCUT2D eigenvalue weighted by molar-refractivity contribution is -0.120. The van der Waals surface area contributed by atoms with Crippen LogP contribution in [0.15, 0.2) is 47.5 Å². The van der Waals surface area contributed by atoms with E-state index in [2.05, 4.69) is 9.69 Å². The third-order valence-electron chi connectivity index (χ3n) is 4.89. The van der Waals surface area contributed by atoms with Crippen LogP contribution in [0.2, 0.25) is 10.0 Å². The van der Waals surface area contributed by atoms with Crippen molar-refractivity contribution in [3.63, 3.8) is 0 Å². The van der Waals surface area contributed by atoms with E-state index in [1.165, 1.54) is 34.0 Å². The minimum absolute atomic E-state index is 0.0388. The molecule has 6 nitrogen and oxygen atoms in total. The van der Waals surface area contributed by atoms with Gasteiger partial charge in [-0.3, -0.25) is 4.79 Å². The van der Waals surface area contributed by atoms with Crippen LogP contribution in [0.1, 0.15) is 12.8 Å². The number of nitrogens with zero attached hydrogens (tertiary/aromatic N) is 2. The molecule has 0 unspecified atom stereocenters. The summed E-state index contributed by atoms with van der Waals surface area (Å²) in [6.45, 7) is 0.431. The highest BCUT2D eigenvalue weighted by Crippen LogP contribution is 2.31. The summed E-state index contributed by atoms with van der Waals surface area (Å²) in [6, 6.07) is 9.92. The molecule has 1 saturated heterocycles. The summed E-state index contributed by atoms with van der Waals surface area (Å²) >= 11 is 13.4. The average molecular weight is 470 g/mol. The first-order valence-electron chi connectivity index (χ1n) is 8.95. The van der Waals surface area contributed by atoms with Crippen LogP contribution in [-0.2, 0) is 14.8 Å². The van der Waals surface area contributed by atoms with E-state index in [4.69, 9.17) is 23.2 Å². The maximum absolute atomic E-state index is 13.0. The second kappa shape index (κ2) is 8.20. The molecule has 0 aliphatic carbocycles. The minimum atomic E-state index is -3.85. The maximum atomic E-state index is 13.0. The Bertz CT molecular complexity index is 1180. The normalized spacial score (nSPS) is 18.1. The molecule has 3 aromatic rings. The van der Waals surface area contributed by atoms with Crippen molar-refractivity contribution in [2.45, 2.75) is 17.7 Å². The number of halogens is 2. The van der Waals surface area contributed by atoms with Gasteiger partial charge in [0.1, 0.15) is 4.90 Å². The van der Waals surface area contributed by atoms with Gasteiger partial charge >= 0.3 is 0 Å². The van der Waals surface area contributed by atoms with Gasteiger partial charge in [0.15, 0.2) is 0 Å². The molecule has 29 heavy (non-hydrogen) atoms. The topological polar surface area (TPSA) is 79.4 Å². The molecular weight excluding hydrogens is 453 g/mol. The van der Waals surface area contributed by atoms with Gasteiger partial charge in [-0.1, -0.05) is 23.2 Å². The van der Waals surface area contributed by atoms with Gasteiger partial charge in [0.25, 0.3) is 0 Å². The summed E-state index contributed by atoms with van der Waals surface area (Å²) in [5.74, 6) is -0.655. The third-order valence-corrected chi connectivity index (χ3v) is 8.25. The van der Waals surface area contributed by atoms with Gasteiger partial charge in [0.2, 0.25) is 15.9 Å². The zero-order valence-electron chi connectivity index (χ0n) is 15.1. The number of fused-ring (bicyclic) bond motifs is 1. The maximum Gasteiger partial charge on any atom is 0.244 e. The molecule has 1 aromatic heterocycles. The van der Waals surface area contributed by atoms with Crippen molar-refractivity contribution in [2.75, 3.05) is 18.4 Å². The van der Waals surface area contributed by atoms with Crippen LogP contribution >= 0.6 is 34.7 Å². The summed E-state index contributed by atoms with van der Waals surface area (Å²) in [5.41, 5.74) is 0.667. The lowest BCUT2D eigenvalue weighted by Gasteiger charge is -2.31. The van der Waals surface area contributed by atoms with Crippen molar-refractivity contribution in [3.05, 3.63) is 52.6 Å². The van der Waals surface area contributed by atoms with E-state index in [-0.39, 0.29) is 27.4 Å². The predicted octanol–water partition coefficient (Wildman–Crippen LogP) is 4.64. The SMILES string of the molecule is O=C(Nc1ccc2sncc2c1)[C@@H]1CCCN(S(=O)(=O)c2cc(Cl)ccc2Cl)C1. The van der Waals surface area contributed by atoms with Gasteiger partial charge in [-0.25, -0.2) is 8.42 Å². The number of nitrogens with one attached hydrogen (secondary N) is 1. The number of hydrogen-bond acceptors (Lipinski definition) is 5. The molecule has 0 saturated carbocycles. The fourth-order valence-corrected chi connectivity index (χ4v) is 6.27. The summed E-state index contributed by atoms with van der Waals surface area (Å²) in [7, 11) is -3.85. The molecule has 4 rings (SSSR count). The molecular formula is C19H17Cl2N3O3S2. The van der Waals surface area contributed by atoms with Crippen molar-refractivity contribution >= 4 is 66.4 Å². The third kappa shape index (κ3) is 4.27. The van der Waals surface area contributed by atoms with E-state index in [0.717, 1.165) is 10.1 Å². The number of sulfonamides is 1. The molecule has 0 spiro atoms. The van der Waals surface area contributed by atoms with E-state index in [0.29, 0.717) is 25.1 Å².